The fourth-order valence-electron chi connectivity index (χ4n) is 2.16. The number of hydrogen-bond donors (Lipinski definition) is 2. The predicted octanol–water partition coefficient (Wildman–Crippen LogP) is 3.70. The number of halogens is 1. The lowest BCUT2D eigenvalue weighted by Crippen LogP contribution is -2.27. The molecular formula is C19H22BrN3O3. The number of carbonyl (C=O) groups excluding carboxylic acids is 2. The average molecular weight is 420 g/mol. The second kappa shape index (κ2) is 9.33. The number of ether oxygens (including phenoxy) is 1. The van der Waals surface area contributed by atoms with Gasteiger partial charge >= 0.3 is 0 Å². The highest BCUT2D eigenvalue weighted by atomic mass is 79.9. The van der Waals surface area contributed by atoms with Crippen LogP contribution in [0.2, 0.25) is 0 Å². The lowest BCUT2D eigenvalue weighted by Gasteiger charge is -2.10. The van der Waals surface area contributed by atoms with Gasteiger partial charge in [-0.05, 0) is 44.5 Å². The number of anilines is 1. The predicted molar refractivity (Wildman–Crippen MR) is 104 cm³/mol. The summed E-state index contributed by atoms with van der Waals surface area (Å²) >= 11 is 3.38. The maximum absolute atomic E-state index is 12.1. The Hall–Kier alpha value is -2.41. The van der Waals surface area contributed by atoms with Gasteiger partial charge in [0, 0.05) is 35.4 Å². The van der Waals surface area contributed by atoms with Crippen LogP contribution in [0.3, 0.4) is 0 Å². The number of carbonyl (C=O) groups is 2. The molecule has 0 unspecified atom stereocenters. The molecule has 0 aliphatic heterocycles. The van der Waals surface area contributed by atoms with E-state index < -0.39 is 0 Å². The van der Waals surface area contributed by atoms with Crippen molar-refractivity contribution in [3.8, 4) is 5.88 Å². The molecule has 6 nitrogen and oxygen atoms in total. The van der Waals surface area contributed by atoms with Gasteiger partial charge in [0.05, 0.1) is 11.7 Å². The maximum Gasteiger partial charge on any atom is 0.252 e. The Balaban J connectivity index is 1.80. The van der Waals surface area contributed by atoms with Crippen molar-refractivity contribution < 1.29 is 14.3 Å². The van der Waals surface area contributed by atoms with Crippen LogP contribution in [0.5, 0.6) is 5.88 Å². The topological polar surface area (TPSA) is 80.3 Å². The molecule has 2 rings (SSSR count). The quantitative estimate of drug-likeness (QED) is 0.716. The largest absolute Gasteiger partial charge is 0.475 e. The Bertz CT molecular complexity index is 776. The number of amides is 2. The molecule has 7 heteroatoms. The van der Waals surface area contributed by atoms with Crippen LogP contribution >= 0.6 is 15.9 Å². The standard InChI is InChI=1S/C19H22BrN3O3/c1-12(2)26-18-7-5-14(11-22-18)19(25)21-9-8-17(24)23-16-10-15(20)6-4-13(16)3/h4-7,10-12H,8-9H2,1-3H3,(H,21,25)(H,23,24). The molecule has 1 heterocycles. The van der Waals surface area contributed by atoms with Crippen molar-refractivity contribution in [2.24, 2.45) is 0 Å². The summed E-state index contributed by atoms with van der Waals surface area (Å²) in [5.74, 6) is 0.0330. The van der Waals surface area contributed by atoms with Gasteiger partial charge in [0.25, 0.3) is 5.91 Å². The van der Waals surface area contributed by atoms with Crippen molar-refractivity contribution in [2.45, 2.75) is 33.3 Å². The van der Waals surface area contributed by atoms with E-state index >= 15 is 0 Å². The van der Waals surface area contributed by atoms with E-state index in [2.05, 4.69) is 31.5 Å². The minimum atomic E-state index is -0.278. The highest BCUT2D eigenvalue weighted by Gasteiger charge is 2.09. The second-order valence-corrected chi connectivity index (χ2v) is 6.98. The molecule has 0 bridgehead atoms. The van der Waals surface area contributed by atoms with Gasteiger partial charge in [-0.3, -0.25) is 9.59 Å². The maximum atomic E-state index is 12.1. The van der Waals surface area contributed by atoms with Crippen LogP contribution in [0.1, 0.15) is 36.2 Å². The summed E-state index contributed by atoms with van der Waals surface area (Å²) in [5.41, 5.74) is 2.14. The van der Waals surface area contributed by atoms with Crippen LogP contribution < -0.4 is 15.4 Å². The normalized spacial score (nSPS) is 10.5. The van der Waals surface area contributed by atoms with Crippen LogP contribution in [0.15, 0.2) is 41.0 Å². The molecule has 1 aromatic heterocycles. The zero-order valence-electron chi connectivity index (χ0n) is 15.0. The molecule has 0 radical (unpaired) electrons. The van der Waals surface area contributed by atoms with E-state index in [1.165, 1.54) is 6.20 Å². The summed E-state index contributed by atoms with van der Waals surface area (Å²) in [4.78, 5) is 28.2. The monoisotopic (exact) mass is 419 g/mol. The molecule has 2 amide bonds. The molecule has 2 N–H and O–H groups in total. The van der Waals surface area contributed by atoms with Gasteiger partial charge in [0.15, 0.2) is 0 Å². The minimum absolute atomic E-state index is 0.0227. The average Bonchev–Trinajstić information content (AvgIpc) is 2.58. The highest BCUT2D eigenvalue weighted by molar-refractivity contribution is 9.10. The van der Waals surface area contributed by atoms with E-state index in [9.17, 15) is 9.59 Å². The zero-order valence-corrected chi connectivity index (χ0v) is 16.6. The van der Waals surface area contributed by atoms with Crippen LogP contribution in [0.25, 0.3) is 0 Å². The number of pyridine rings is 1. The van der Waals surface area contributed by atoms with Crippen LogP contribution in [0.4, 0.5) is 5.69 Å². The lowest BCUT2D eigenvalue weighted by atomic mass is 10.2. The van der Waals surface area contributed by atoms with Gasteiger partial charge in [-0.25, -0.2) is 4.98 Å². The second-order valence-electron chi connectivity index (χ2n) is 6.07. The van der Waals surface area contributed by atoms with E-state index in [0.717, 1.165) is 15.7 Å². The molecule has 138 valence electrons. The number of nitrogens with zero attached hydrogens (tertiary/aromatic N) is 1. The summed E-state index contributed by atoms with van der Waals surface area (Å²) in [7, 11) is 0. The zero-order chi connectivity index (χ0) is 19.1. The Labute approximate surface area is 161 Å². The molecule has 26 heavy (non-hydrogen) atoms. The highest BCUT2D eigenvalue weighted by Crippen LogP contribution is 2.20. The minimum Gasteiger partial charge on any atom is -0.475 e. The smallest absolute Gasteiger partial charge is 0.252 e. The van der Waals surface area contributed by atoms with E-state index in [4.69, 9.17) is 4.74 Å². The summed E-state index contributed by atoms with van der Waals surface area (Å²) in [6.45, 7) is 5.97. The van der Waals surface area contributed by atoms with Gasteiger partial charge < -0.3 is 15.4 Å². The Kier molecular flexibility index (Phi) is 7.15. The molecule has 0 spiro atoms. The first-order valence-electron chi connectivity index (χ1n) is 8.32. The number of nitrogens with one attached hydrogen (secondary N) is 2. The van der Waals surface area contributed by atoms with E-state index in [1.54, 1.807) is 12.1 Å². The van der Waals surface area contributed by atoms with E-state index in [0.29, 0.717) is 11.4 Å². The molecule has 0 aliphatic carbocycles. The van der Waals surface area contributed by atoms with Crippen molar-refractivity contribution in [1.82, 2.24) is 10.3 Å². The van der Waals surface area contributed by atoms with E-state index in [-0.39, 0.29) is 30.9 Å². The van der Waals surface area contributed by atoms with Crippen molar-refractivity contribution in [3.63, 3.8) is 0 Å². The molecule has 0 atom stereocenters. The number of benzene rings is 1. The first-order valence-corrected chi connectivity index (χ1v) is 9.11. The number of aryl methyl sites for hydroxylation is 1. The third-order valence-electron chi connectivity index (χ3n) is 3.47. The van der Waals surface area contributed by atoms with Crippen molar-refractivity contribution in [2.75, 3.05) is 11.9 Å². The first kappa shape index (κ1) is 19.9. The van der Waals surface area contributed by atoms with Gasteiger partial charge in [0.2, 0.25) is 11.8 Å². The number of rotatable bonds is 7. The molecular weight excluding hydrogens is 398 g/mol. The molecule has 0 aliphatic rings. The molecule has 0 saturated heterocycles. The van der Waals surface area contributed by atoms with Crippen LogP contribution in [-0.2, 0) is 4.79 Å². The third-order valence-corrected chi connectivity index (χ3v) is 3.96. The van der Waals surface area contributed by atoms with Crippen molar-refractivity contribution >= 4 is 33.4 Å². The summed E-state index contributed by atoms with van der Waals surface area (Å²) in [6.07, 6.45) is 1.66. The van der Waals surface area contributed by atoms with Crippen LogP contribution in [-0.4, -0.2) is 29.4 Å². The Morgan fingerprint density at radius 2 is 2.00 bits per heavy atom. The lowest BCUT2D eigenvalue weighted by molar-refractivity contribution is -0.116. The SMILES string of the molecule is Cc1ccc(Br)cc1NC(=O)CCNC(=O)c1ccc(OC(C)C)nc1. The molecule has 1 aromatic carbocycles. The van der Waals surface area contributed by atoms with Crippen LogP contribution in [0, 0.1) is 6.92 Å². The first-order chi connectivity index (χ1) is 12.3. The third kappa shape index (κ3) is 6.15. The molecule has 2 aromatic rings. The van der Waals surface area contributed by atoms with Gasteiger partial charge in [0.1, 0.15) is 0 Å². The molecule has 0 fully saturated rings. The van der Waals surface area contributed by atoms with Gasteiger partial charge in [-0.1, -0.05) is 22.0 Å². The Morgan fingerprint density at radius 3 is 2.65 bits per heavy atom. The van der Waals surface area contributed by atoms with Gasteiger partial charge in [-0.15, -0.1) is 0 Å². The number of hydrogen-bond acceptors (Lipinski definition) is 4. The van der Waals surface area contributed by atoms with E-state index in [1.807, 2.05) is 39.0 Å². The van der Waals surface area contributed by atoms with Crippen molar-refractivity contribution in [1.29, 1.82) is 0 Å². The summed E-state index contributed by atoms with van der Waals surface area (Å²) in [5, 5.41) is 5.55. The molecule has 0 saturated carbocycles. The van der Waals surface area contributed by atoms with Crippen molar-refractivity contribution in [3.05, 3.63) is 52.1 Å². The fraction of sp³-hybridized carbons (Fsp3) is 0.316. The number of aromatic nitrogens is 1. The Morgan fingerprint density at radius 1 is 1.23 bits per heavy atom. The fourth-order valence-corrected chi connectivity index (χ4v) is 2.52. The van der Waals surface area contributed by atoms with Gasteiger partial charge in [-0.2, -0.15) is 0 Å². The summed E-state index contributed by atoms with van der Waals surface area (Å²) < 4.78 is 6.33. The summed E-state index contributed by atoms with van der Waals surface area (Å²) in [6, 6.07) is 8.97.